The highest BCUT2D eigenvalue weighted by molar-refractivity contribution is 5.99. The lowest BCUT2D eigenvalue weighted by Crippen LogP contribution is -2.17. The summed E-state index contributed by atoms with van der Waals surface area (Å²) in [6.07, 6.45) is 3.73. The van der Waals surface area contributed by atoms with Gasteiger partial charge in [0.05, 0.1) is 11.0 Å². The van der Waals surface area contributed by atoms with E-state index in [1.165, 1.54) is 19.3 Å². The van der Waals surface area contributed by atoms with Crippen LogP contribution in [-0.4, -0.2) is 32.7 Å². The Hall–Kier alpha value is -3.27. The maximum absolute atomic E-state index is 11.6. The molecule has 4 N–H and O–H groups in total. The van der Waals surface area contributed by atoms with Gasteiger partial charge in [0.2, 0.25) is 0 Å². The van der Waals surface area contributed by atoms with E-state index in [0.29, 0.717) is 17.6 Å². The molecule has 132 valence electrons. The number of carbonyl (C=O) groups excluding carboxylic acids is 1. The van der Waals surface area contributed by atoms with Gasteiger partial charge in [0, 0.05) is 18.7 Å². The van der Waals surface area contributed by atoms with Crippen molar-refractivity contribution in [1.29, 1.82) is 0 Å². The van der Waals surface area contributed by atoms with Crippen LogP contribution >= 0.6 is 0 Å². The Labute approximate surface area is 151 Å². The van der Waals surface area contributed by atoms with Gasteiger partial charge in [-0.1, -0.05) is 5.92 Å². The van der Waals surface area contributed by atoms with Crippen LogP contribution in [0.4, 0.5) is 5.82 Å². The number of aromatic amines is 1. The third-order valence-electron chi connectivity index (χ3n) is 4.89. The second kappa shape index (κ2) is 6.23. The number of rotatable bonds is 3. The molecule has 1 amide bonds. The Bertz CT molecular complexity index is 1060. The molecule has 26 heavy (non-hydrogen) atoms. The van der Waals surface area contributed by atoms with E-state index in [-0.39, 0.29) is 5.56 Å². The molecule has 1 fully saturated rings. The summed E-state index contributed by atoms with van der Waals surface area (Å²) in [6, 6.07) is 6.59. The molecular weight excluding hydrogens is 328 g/mol. The van der Waals surface area contributed by atoms with Crippen LogP contribution in [0.3, 0.4) is 0 Å². The SMILES string of the molecule is CNc1n[nH]c(C#Cc2ccc3c(c2)nc(C)n3C2CCC2)c1C(N)=O. The molecule has 0 aliphatic heterocycles. The largest absolute Gasteiger partial charge is 0.371 e. The van der Waals surface area contributed by atoms with Crippen molar-refractivity contribution >= 4 is 22.8 Å². The van der Waals surface area contributed by atoms with Crippen LogP contribution in [0, 0.1) is 18.8 Å². The second-order valence-corrected chi connectivity index (χ2v) is 6.50. The van der Waals surface area contributed by atoms with Crippen molar-refractivity contribution in [2.45, 2.75) is 32.2 Å². The molecule has 0 spiro atoms. The average molecular weight is 348 g/mol. The molecule has 0 saturated heterocycles. The fourth-order valence-corrected chi connectivity index (χ4v) is 3.39. The van der Waals surface area contributed by atoms with Gasteiger partial charge in [-0.25, -0.2) is 4.98 Å². The van der Waals surface area contributed by atoms with Crippen LogP contribution in [0.1, 0.15) is 52.7 Å². The summed E-state index contributed by atoms with van der Waals surface area (Å²) >= 11 is 0. The van der Waals surface area contributed by atoms with E-state index in [9.17, 15) is 4.79 Å². The molecule has 1 aromatic carbocycles. The lowest BCUT2D eigenvalue weighted by Gasteiger charge is -2.28. The summed E-state index contributed by atoms with van der Waals surface area (Å²) < 4.78 is 2.33. The third kappa shape index (κ3) is 2.60. The first-order valence-electron chi connectivity index (χ1n) is 8.65. The number of anilines is 1. The molecule has 1 saturated carbocycles. The van der Waals surface area contributed by atoms with Crippen LogP contribution in [0.25, 0.3) is 11.0 Å². The molecule has 3 aromatic rings. The van der Waals surface area contributed by atoms with Crippen molar-refractivity contribution in [3.05, 3.63) is 40.8 Å². The number of nitrogens with two attached hydrogens (primary N) is 1. The summed E-state index contributed by atoms with van der Waals surface area (Å²) in [5, 5.41) is 9.59. The summed E-state index contributed by atoms with van der Waals surface area (Å²) in [5.41, 5.74) is 9.01. The van der Waals surface area contributed by atoms with Crippen LogP contribution in [0.2, 0.25) is 0 Å². The normalized spacial score (nSPS) is 13.9. The van der Waals surface area contributed by atoms with Crippen LogP contribution in [-0.2, 0) is 0 Å². The Morgan fingerprint density at radius 3 is 2.85 bits per heavy atom. The molecule has 1 aliphatic carbocycles. The number of fused-ring (bicyclic) bond motifs is 1. The van der Waals surface area contributed by atoms with Gasteiger partial charge in [-0.3, -0.25) is 9.89 Å². The monoisotopic (exact) mass is 348 g/mol. The number of nitrogens with zero attached hydrogens (tertiary/aromatic N) is 3. The van der Waals surface area contributed by atoms with E-state index >= 15 is 0 Å². The maximum atomic E-state index is 11.6. The average Bonchev–Trinajstić information content (AvgIpc) is 3.12. The number of hydrogen-bond donors (Lipinski definition) is 3. The lowest BCUT2D eigenvalue weighted by atomic mass is 9.92. The number of benzene rings is 1. The van der Waals surface area contributed by atoms with Gasteiger partial charge < -0.3 is 15.6 Å². The number of aromatic nitrogens is 4. The zero-order valence-electron chi connectivity index (χ0n) is 14.8. The minimum absolute atomic E-state index is 0.270. The summed E-state index contributed by atoms with van der Waals surface area (Å²) in [6.45, 7) is 2.05. The molecule has 2 aromatic heterocycles. The predicted molar refractivity (Wildman–Crippen MR) is 100.0 cm³/mol. The Kier molecular flexibility index (Phi) is 3.88. The first kappa shape index (κ1) is 16.2. The molecule has 0 radical (unpaired) electrons. The number of aryl methyl sites for hydroxylation is 1. The minimum atomic E-state index is -0.572. The van der Waals surface area contributed by atoms with E-state index < -0.39 is 5.91 Å². The van der Waals surface area contributed by atoms with E-state index in [2.05, 4.69) is 43.0 Å². The van der Waals surface area contributed by atoms with E-state index in [1.54, 1.807) is 7.05 Å². The molecule has 7 heteroatoms. The molecule has 2 heterocycles. The predicted octanol–water partition coefficient (Wildman–Crippen LogP) is 2.33. The summed E-state index contributed by atoms with van der Waals surface area (Å²) in [5.74, 6) is 6.88. The number of amides is 1. The number of imidazole rings is 1. The molecule has 0 unspecified atom stereocenters. The molecule has 7 nitrogen and oxygen atoms in total. The Morgan fingerprint density at radius 2 is 2.19 bits per heavy atom. The van der Waals surface area contributed by atoms with Gasteiger partial charge >= 0.3 is 0 Å². The second-order valence-electron chi connectivity index (χ2n) is 6.50. The number of H-pyrrole nitrogens is 1. The Morgan fingerprint density at radius 1 is 1.38 bits per heavy atom. The number of nitrogens with one attached hydrogen (secondary N) is 2. The maximum Gasteiger partial charge on any atom is 0.255 e. The van der Waals surface area contributed by atoms with E-state index in [1.807, 2.05) is 19.1 Å². The highest BCUT2D eigenvalue weighted by atomic mass is 16.1. The molecule has 0 bridgehead atoms. The summed E-state index contributed by atoms with van der Waals surface area (Å²) in [4.78, 5) is 16.3. The first-order valence-corrected chi connectivity index (χ1v) is 8.65. The van der Waals surface area contributed by atoms with Gasteiger partial charge in [-0.2, -0.15) is 5.10 Å². The van der Waals surface area contributed by atoms with Crippen molar-refractivity contribution in [1.82, 2.24) is 19.7 Å². The van der Waals surface area contributed by atoms with E-state index in [0.717, 1.165) is 22.4 Å². The van der Waals surface area contributed by atoms with Gasteiger partial charge in [0.25, 0.3) is 5.91 Å². The highest BCUT2D eigenvalue weighted by Crippen LogP contribution is 2.35. The van der Waals surface area contributed by atoms with Crippen molar-refractivity contribution in [3.8, 4) is 11.8 Å². The van der Waals surface area contributed by atoms with Crippen molar-refractivity contribution < 1.29 is 4.79 Å². The highest BCUT2D eigenvalue weighted by Gasteiger charge is 2.23. The summed E-state index contributed by atoms with van der Waals surface area (Å²) in [7, 11) is 1.68. The van der Waals surface area contributed by atoms with Gasteiger partial charge in [-0.05, 0) is 50.3 Å². The van der Waals surface area contributed by atoms with Crippen LogP contribution in [0.5, 0.6) is 0 Å². The van der Waals surface area contributed by atoms with Gasteiger partial charge in [-0.15, -0.1) is 0 Å². The van der Waals surface area contributed by atoms with E-state index in [4.69, 9.17) is 5.73 Å². The first-order chi connectivity index (χ1) is 12.6. The van der Waals surface area contributed by atoms with Crippen molar-refractivity contribution in [3.63, 3.8) is 0 Å². The zero-order chi connectivity index (χ0) is 18.3. The fourth-order valence-electron chi connectivity index (χ4n) is 3.39. The minimum Gasteiger partial charge on any atom is -0.371 e. The number of hydrogen-bond acceptors (Lipinski definition) is 4. The topological polar surface area (TPSA) is 102 Å². The quantitative estimate of drug-likeness (QED) is 0.632. The zero-order valence-corrected chi connectivity index (χ0v) is 14.8. The fraction of sp³-hybridized carbons (Fsp3) is 0.316. The number of primary amides is 1. The van der Waals surface area contributed by atoms with Crippen molar-refractivity contribution in [2.75, 3.05) is 12.4 Å². The molecule has 0 atom stereocenters. The molecule has 1 aliphatic rings. The van der Waals surface area contributed by atoms with Gasteiger partial charge in [0.15, 0.2) is 5.82 Å². The van der Waals surface area contributed by atoms with Crippen LogP contribution in [0.15, 0.2) is 18.2 Å². The van der Waals surface area contributed by atoms with Gasteiger partial charge in [0.1, 0.15) is 17.1 Å². The van der Waals surface area contributed by atoms with Crippen molar-refractivity contribution in [2.24, 2.45) is 5.73 Å². The Balaban J connectivity index is 1.70. The lowest BCUT2D eigenvalue weighted by molar-refractivity contribution is 0.100. The standard InChI is InChI=1S/C19H20N6O/c1-11-22-15-10-12(7-9-16(15)25(11)13-4-3-5-13)6-8-14-17(18(20)26)19(21-2)24-23-14/h7,9-10,13H,3-5H2,1-2H3,(H2,20,26)(H2,21,23,24). The third-order valence-corrected chi connectivity index (χ3v) is 4.89. The smallest absolute Gasteiger partial charge is 0.255 e. The van der Waals surface area contributed by atoms with Crippen LogP contribution < -0.4 is 11.1 Å². The molecular formula is C19H20N6O. The molecule has 4 rings (SSSR count). The number of carbonyl (C=O) groups is 1.